The molecule has 0 aliphatic carbocycles. The lowest BCUT2D eigenvalue weighted by Gasteiger charge is -2.10. The third kappa shape index (κ3) is 4.76. The van der Waals surface area contributed by atoms with Crippen molar-refractivity contribution in [2.75, 3.05) is 5.32 Å². The number of amides is 1. The van der Waals surface area contributed by atoms with Crippen molar-refractivity contribution in [2.45, 2.75) is 40.7 Å². The lowest BCUT2D eigenvalue weighted by atomic mass is 10.1. The average Bonchev–Trinajstić information content (AvgIpc) is 2.95. The van der Waals surface area contributed by atoms with Crippen molar-refractivity contribution < 1.29 is 14.1 Å². The lowest BCUT2D eigenvalue weighted by molar-refractivity contribution is -0.115. The van der Waals surface area contributed by atoms with Crippen LogP contribution in [0.1, 0.15) is 33.7 Å². The van der Waals surface area contributed by atoms with Crippen molar-refractivity contribution in [3.63, 3.8) is 0 Å². The normalized spacial score (nSPS) is 10.7. The van der Waals surface area contributed by atoms with E-state index in [9.17, 15) is 4.79 Å². The minimum atomic E-state index is -0.0342. The van der Waals surface area contributed by atoms with Crippen molar-refractivity contribution in [1.29, 1.82) is 0 Å². The van der Waals surface area contributed by atoms with Crippen LogP contribution in [-0.4, -0.2) is 11.1 Å². The maximum absolute atomic E-state index is 12.3. The number of aromatic nitrogens is 1. The van der Waals surface area contributed by atoms with Crippen LogP contribution < -0.4 is 10.1 Å². The smallest absolute Gasteiger partial charge is 0.228 e. The summed E-state index contributed by atoms with van der Waals surface area (Å²) in [6.07, 6.45) is 0.317. The molecule has 0 saturated carbocycles. The van der Waals surface area contributed by atoms with Gasteiger partial charge in [0.05, 0.1) is 17.7 Å². The van der Waals surface area contributed by atoms with E-state index in [1.54, 1.807) is 0 Å². The van der Waals surface area contributed by atoms with Gasteiger partial charge in [-0.3, -0.25) is 4.79 Å². The van der Waals surface area contributed by atoms with Crippen LogP contribution in [-0.2, 0) is 17.8 Å². The minimum Gasteiger partial charge on any atom is -0.489 e. The summed E-state index contributed by atoms with van der Waals surface area (Å²) in [6, 6.07) is 13.6. The fourth-order valence-electron chi connectivity index (χ4n) is 2.82. The van der Waals surface area contributed by atoms with Crippen molar-refractivity contribution >= 4 is 11.6 Å². The molecular formula is C22H24N2O3. The zero-order chi connectivity index (χ0) is 19.4. The van der Waals surface area contributed by atoms with Crippen LogP contribution >= 0.6 is 0 Å². The molecule has 1 amide bonds. The van der Waals surface area contributed by atoms with Gasteiger partial charge in [-0.2, -0.15) is 0 Å². The predicted molar refractivity (Wildman–Crippen MR) is 105 cm³/mol. The van der Waals surface area contributed by atoms with E-state index in [-0.39, 0.29) is 5.91 Å². The molecule has 5 heteroatoms. The quantitative estimate of drug-likeness (QED) is 0.690. The Morgan fingerprint density at radius 2 is 1.81 bits per heavy atom. The number of carbonyl (C=O) groups is 1. The molecule has 2 aromatic carbocycles. The van der Waals surface area contributed by atoms with Crippen molar-refractivity contribution in [1.82, 2.24) is 5.16 Å². The molecule has 0 spiro atoms. The van der Waals surface area contributed by atoms with Crippen LogP contribution in [0, 0.1) is 27.7 Å². The molecule has 0 saturated heterocycles. The number of aryl methyl sites for hydroxylation is 4. The number of hydrogen-bond donors (Lipinski definition) is 1. The van der Waals surface area contributed by atoms with Gasteiger partial charge in [-0.1, -0.05) is 29.4 Å². The minimum absolute atomic E-state index is 0.0342. The van der Waals surface area contributed by atoms with Crippen molar-refractivity contribution in [3.05, 3.63) is 76.2 Å². The summed E-state index contributed by atoms with van der Waals surface area (Å²) in [5.74, 6) is 1.48. The summed E-state index contributed by atoms with van der Waals surface area (Å²) in [5, 5.41) is 6.90. The third-order valence-electron chi connectivity index (χ3n) is 4.52. The zero-order valence-electron chi connectivity index (χ0n) is 16.1. The first-order valence-electron chi connectivity index (χ1n) is 8.93. The fraction of sp³-hybridized carbons (Fsp3) is 0.273. The number of nitrogens with one attached hydrogen (secondary N) is 1. The highest BCUT2D eigenvalue weighted by Gasteiger charge is 2.10. The van der Waals surface area contributed by atoms with E-state index in [2.05, 4.69) is 10.5 Å². The van der Waals surface area contributed by atoms with Gasteiger partial charge in [0, 0.05) is 5.69 Å². The van der Waals surface area contributed by atoms with Gasteiger partial charge in [0.25, 0.3) is 0 Å². The second-order valence-corrected chi connectivity index (χ2v) is 6.78. The number of anilines is 1. The molecule has 0 radical (unpaired) electrons. The Kier molecular flexibility index (Phi) is 5.60. The monoisotopic (exact) mass is 364 g/mol. The number of benzene rings is 2. The van der Waals surface area contributed by atoms with Crippen LogP contribution in [0.4, 0.5) is 5.69 Å². The molecule has 0 unspecified atom stereocenters. The van der Waals surface area contributed by atoms with E-state index in [0.29, 0.717) is 13.0 Å². The molecule has 1 aromatic heterocycles. The molecule has 3 rings (SSSR count). The lowest BCUT2D eigenvalue weighted by Crippen LogP contribution is -2.15. The maximum atomic E-state index is 12.3. The third-order valence-corrected chi connectivity index (χ3v) is 4.52. The first kappa shape index (κ1) is 18.7. The van der Waals surface area contributed by atoms with Crippen molar-refractivity contribution in [3.8, 4) is 5.75 Å². The molecule has 0 fully saturated rings. The summed E-state index contributed by atoms with van der Waals surface area (Å²) in [5.41, 5.74) is 5.77. The van der Waals surface area contributed by atoms with Crippen LogP contribution in [0.25, 0.3) is 0 Å². The van der Waals surface area contributed by atoms with Crippen LogP contribution in [0.3, 0.4) is 0 Å². The Hall–Kier alpha value is -3.08. The van der Waals surface area contributed by atoms with Crippen LogP contribution in [0.2, 0.25) is 0 Å². The van der Waals surface area contributed by atoms with Gasteiger partial charge in [0.15, 0.2) is 0 Å². The number of hydrogen-bond acceptors (Lipinski definition) is 4. The Balaban J connectivity index is 1.57. The van der Waals surface area contributed by atoms with Crippen LogP contribution in [0.5, 0.6) is 5.75 Å². The number of rotatable bonds is 6. The largest absolute Gasteiger partial charge is 0.489 e. The number of ether oxygens (including phenoxy) is 1. The highest BCUT2D eigenvalue weighted by atomic mass is 16.5. The van der Waals surface area contributed by atoms with Gasteiger partial charge < -0.3 is 14.6 Å². The standard InChI is InChI=1S/C22H24N2O3/c1-14-5-6-15(2)21(11-14)23-22(25)12-18-7-9-19(10-8-18)26-13-20-16(3)24-27-17(20)4/h5-11H,12-13H2,1-4H3,(H,23,25). The summed E-state index contributed by atoms with van der Waals surface area (Å²) in [7, 11) is 0. The van der Waals surface area contributed by atoms with E-state index in [1.165, 1.54) is 0 Å². The maximum Gasteiger partial charge on any atom is 0.228 e. The van der Waals surface area contributed by atoms with Gasteiger partial charge in [0.1, 0.15) is 18.1 Å². The number of nitrogens with zero attached hydrogens (tertiary/aromatic N) is 1. The molecule has 3 aromatic rings. The van der Waals surface area contributed by atoms with Gasteiger partial charge in [-0.15, -0.1) is 0 Å². The molecule has 1 heterocycles. The second kappa shape index (κ2) is 8.08. The molecule has 0 aliphatic rings. The molecule has 0 bridgehead atoms. The summed E-state index contributed by atoms with van der Waals surface area (Å²) >= 11 is 0. The Morgan fingerprint density at radius 3 is 2.48 bits per heavy atom. The van der Waals surface area contributed by atoms with E-state index >= 15 is 0 Å². The highest BCUT2D eigenvalue weighted by Crippen LogP contribution is 2.19. The van der Waals surface area contributed by atoms with Gasteiger partial charge in [-0.05, 0) is 62.6 Å². The summed E-state index contributed by atoms with van der Waals surface area (Å²) in [4.78, 5) is 12.3. The van der Waals surface area contributed by atoms with E-state index < -0.39 is 0 Å². The molecule has 27 heavy (non-hydrogen) atoms. The SMILES string of the molecule is Cc1ccc(C)c(NC(=O)Cc2ccc(OCc3c(C)noc3C)cc2)c1. The van der Waals surface area contributed by atoms with E-state index in [0.717, 1.165) is 45.1 Å². The van der Waals surface area contributed by atoms with Crippen LogP contribution in [0.15, 0.2) is 47.0 Å². The average molecular weight is 364 g/mol. The Labute approximate surface area is 159 Å². The van der Waals surface area contributed by atoms with E-state index in [1.807, 2.05) is 70.2 Å². The van der Waals surface area contributed by atoms with E-state index in [4.69, 9.17) is 9.26 Å². The fourth-order valence-corrected chi connectivity index (χ4v) is 2.82. The van der Waals surface area contributed by atoms with Gasteiger partial charge in [-0.25, -0.2) is 0 Å². The van der Waals surface area contributed by atoms with Gasteiger partial charge in [0.2, 0.25) is 5.91 Å². The first-order chi connectivity index (χ1) is 12.9. The summed E-state index contributed by atoms with van der Waals surface area (Å²) in [6.45, 7) is 8.17. The topological polar surface area (TPSA) is 64.4 Å². The van der Waals surface area contributed by atoms with Gasteiger partial charge >= 0.3 is 0 Å². The molecule has 0 atom stereocenters. The first-order valence-corrected chi connectivity index (χ1v) is 8.93. The predicted octanol–water partition coefficient (Wildman–Crippen LogP) is 4.67. The second-order valence-electron chi connectivity index (χ2n) is 6.78. The molecule has 0 aliphatic heterocycles. The Bertz CT molecular complexity index is 923. The summed E-state index contributed by atoms with van der Waals surface area (Å²) < 4.78 is 10.9. The zero-order valence-corrected chi connectivity index (χ0v) is 16.1. The molecule has 5 nitrogen and oxygen atoms in total. The molecule has 140 valence electrons. The number of carbonyl (C=O) groups excluding carboxylic acids is 1. The Morgan fingerprint density at radius 1 is 1.07 bits per heavy atom. The highest BCUT2D eigenvalue weighted by molar-refractivity contribution is 5.93. The van der Waals surface area contributed by atoms with Crippen molar-refractivity contribution in [2.24, 2.45) is 0 Å². The molecule has 1 N–H and O–H groups in total. The molecular weight excluding hydrogens is 340 g/mol.